The lowest BCUT2D eigenvalue weighted by atomic mass is 10.1. The van der Waals surface area contributed by atoms with E-state index in [4.69, 9.17) is 5.11 Å². The maximum Gasteiger partial charge on any atom is 0.102 e. The Balaban J connectivity index is 0. The number of quaternary nitrogens is 1. The molecule has 0 aromatic carbocycles. The molecule has 0 saturated carbocycles. The van der Waals surface area contributed by atoms with Crippen molar-refractivity contribution >= 4 is 0 Å². The predicted octanol–water partition coefficient (Wildman–Crippen LogP) is 0.980. The second kappa shape index (κ2) is 14.8. The van der Waals surface area contributed by atoms with Crippen LogP contribution < -0.4 is 17.0 Å². The van der Waals surface area contributed by atoms with Crippen LogP contribution >= 0.6 is 0 Å². The van der Waals surface area contributed by atoms with E-state index in [0.717, 1.165) is 11.0 Å². The molecular weight excluding hydrogens is 302 g/mol. The quantitative estimate of drug-likeness (QED) is 0.392. The average Bonchev–Trinajstić information content (AvgIpc) is 2.31. The summed E-state index contributed by atoms with van der Waals surface area (Å²) in [6.45, 7) is 4.68. The highest BCUT2D eigenvalue weighted by atomic mass is 79.9. The van der Waals surface area contributed by atoms with Crippen molar-refractivity contribution in [2.75, 3.05) is 33.8 Å². The monoisotopic (exact) mass is 337 g/mol. The third-order valence-electron chi connectivity index (χ3n) is 3.82. The lowest BCUT2D eigenvalue weighted by Crippen LogP contribution is -3.00. The van der Waals surface area contributed by atoms with Gasteiger partial charge < -0.3 is 26.6 Å². The zero-order valence-corrected chi connectivity index (χ0v) is 15.1. The molecule has 0 amide bonds. The summed E-state index contributed by atoms with van der Waals surface area (Å²) in [5.74, 6) is 0. The third-order valence-corrected chi connectivity index (χ3v) is 3.82. The Kier molecular flexibility index (Phi) is 16.9. The van der Waals surface area contributed by atoms with Gasteiger partial charge >= 0.3 is 0 Å². The Morgan fingerprint density at radius 3 is 1.53 bits per heavy atom. The fourth-order valence-electron chi connectivity index (χ4n) is 2.41. The third kappa shape index (κ3) is 16.3. The summed E-state index contributed by atoms with van der Waals surface area (Å²) in [7, 11) is 4.42. The van der Waals surface area contributed by atoms with Crippen LogP contribution in [0.1, 0.15) is 71.1 Å². The van der Waals surface area contributed by atoms with Crippen LogP contribution in [-0.4, -0.2) is 43.4 Å². The first kappa shape index (κ1) is 21.7. The number of aliphatic hydroxyl groups is 1. The molecule has 0 aliphatic rings. The van der Waals surface area contributed by atoms with Gasteiger partial charge in [0.1, 0.15) is 6.54 Å². The minimum Gasteiger partial charge on any atom is -1.00 e. The standard InChI is InChI=1S/C16H36NO.BrH/c1-4-5-6-7-8-9-10-11-12-13-14-17(2,3)15-16-18;/h18H,4-16H2,1-3H3;1H/q+1;/p-1. The molecule has 0 rings (SSSR count). The number of aliphatic hydroxyl groups excluding tert-OH is 1. The zero-order chi connectivity index (χ0) is 13.7. The van der Waals surface area contributed by atoms with E-state index in [0.29, 0.717) is 6.61 Å². The van der Waals surface area contributed by atoms with Crippen LogP contribution in [0.15, 0.2) is 0 Å². The van der Waals surface area contributed by atoms with Crippen molar-refractivity contribution in [3.8, 4) is 0 Å². The smallest absolute Gasteiger partial charge is 0.102 e. The highest BCUT2D eigenvalue weighted by molar-refractivity contribution is 4.47. The van der Waals surface area contributed by atoms with Crippen molar-refractivity contribution in [3.05, 3.63) is 0 Å². The molecule has 0 fully saturated rings. The summed E-state index contributed by atoms with van der Waals surface area (Å²) >= 11 is 0. The number of hydrogen-bond acceptors (Lipinski definition) is 1. The Labute approximate surface area is 131 Å². The molecule has 1 N–H and O–H groups in total. The van der Waals surface area contributed by atoms with E-state index in [2.05, 4.69) is 21.0 Å². The van der Waals surface area contributed by atoms with Gasteiger partial charge in [0.15, 0.2) is 0 Å². The normalized spacial score (nSPS) is 11.4. The maximum atomic E-state index is 8.95. The number of rotatable bonds is 13. The molecule has 0 aliphatic heterocycles. The Morgan fingerprint density at radius 2 is 1.11 bits per heavy atom. The topological polar surface area (TPSA) is 20.2 Å². The van der Waals surface area contributed by atoms with Crippen LogP contribution in [0.25, 0.3) is 0 Å². The molecule has 0 aliphatic carbocycles. The summed E-state index contributed by atoms with van der Waals surface area (Å²) in [4.78, 5) is 0. The first-order valence-corrected chi connectivity index (χ1v) is 8.05. The number of likely N-dealkylation sites (N-methyl/N-ethyl adjacent to an activating group) is 1. The van der Waals surface area contributed by atoms with Gasteiger partial charge in [-0.05, 0) is 12.8 Å². The second-order valence-corrected chi connectivity index (χ2v) is 6.29. The van der Waals surface area contributed by atoms with Crippen molar-refractivity contribution in [3.63, 3.8) is 0 Å². The van der Waals surface area contributed by atoms with E-state index in [1.54, 1.807) is 0 Å². The van der Waals surface area contributed by atoms with Gasteiger partial charge in [0.05, 0.1) is 27.2 Å². The summed E-state index contributed by atoms with van der Waals surface area (Å²) in [6.07, 6.45) is 14.0. The Morgan fingerprint density at radius 1 is 0.684 bits per heavy atom. The van der Waals surface area contributed by atoms with Crippen LogP contribution in [0.3, 0.4) is 0 Å². The van der Waals surface area contributed by atoms with Crippen LogP contribution in [0.5, 0.6) is 0 Å². The molecular formula is C16H36BrNO. The molecule has 118 valence electrons. The van der Waals surface area contributed by atoms with E-state index in [1.807, 2.05) is 0 Å². The van der Waals surface area contributed by atoms with E-state index in [1.165, 1.54) is 70.8 Å². The summed E-state index contributed by atoms with van der Waals surface area (Å²) in [5.41, 5.74) is 0. The van der Waals surface area contributed by atoms with Crippen LogP contribution in [0.2, 0.25) is 0 Å². The summed E-state index contributed by atoms with van der Waals surface area (Å²) in [5, 5.41) is 8.95. The summed E-state index contributed by atoms with van der Waals surface area (Å²) in [6, 6.07) is 0. The summed E-state index contributed by atoms with van der Waals surface area (Å²) < 4.78 is 0.966. The van der Waals surface area contributed by atoms with Gasteiger partial charge in [-0.1, -0.05) is 58.3 Å². The van der Waals surface area contributed by atoms with Gasteiger partial charge in [0, 0.05) is 0 Å². The predicted molar refractivity (Wildman–Crippen MR) is 80.8 cm³/mol. The first-order chi connectivity index (χ1) is 8.62. The highest BCUT2D eigenvalue weighted by Gasteiger charge is 2.12. The largest absolute Gasteiger partial charge is 1.00 e. The second-order valence-electron chi connectivity index (χ2n) is 6.29. The van der Waals surface area contributed by atoms with Crippen LogP contribution in [-0.2, 0) is 0 Å². The van der Waals surface area contributed by atoms with Crippen molar-refractivity contribution in [1.82, 2.24) is 0 Å². The van der Waals surface area contributed by atoms with E-state index in [-0.39, 0.29) is 17.0 Å². The van der Waals surface area contributed by atoms with Crippen LogP contribution in [0.4, 0.5) is 0 Å². The molecule has 0 heterocycles. The van der Waals surface area contributed by atoms with E-state index in [9.17, 15) is 0 Å². The molecule has 0 saturated heterocycles. The molecule has 3 heteroatoms. The van der Waals surface area contributed by atoms with Crippen molar-refractivity contribution in [1.29, 1.82) is 0 Å². The fourth-order valence-corrected chi connectivity index (χ4v) is 2.41. The maximum absolute atomic E-state index is 8.95. The van der Waals surface area contributed by atoms with Crippen molar-refractivity contribution in [2.45, 2.75) is 71.1 Å². The van der Waals surface area contributed by atoms with Gasteiger partial charge in [-0.3, -0.25) is 0 Å². The van der Waals surface area contributed by atoms with Gasteiger partial charge in [-0.2, -0.15) is 0 Å². The average molecular weight is 338 g/mol. The first-order valence-electron chi connectivity index (χ1n) is 8.05. The molecule has 0 spiro atoms. The molecule has 19 heavy (non-hydrogen) atoms. The molecule has 0 unspecified atom stereocenters. The zero-order valence-electron chi connectivity index (χ0n) is 13.5. The Hall–Kier alpha value is 0.400. The lowest BCUT2D eigenvalue weighted by Gasteiger charge is -2.28. The van der Waals surface area contributed by atoms with Gasteiger partial charge in [0.25, 0.3) is 0 Å². The van der Waals surface area contributed by atoms with Gasteiger partial charge in [-0.25, -0.2) is 0 Å². The molecule has 0 atom stereocenters. The van der Waals surface area contributed by atoms with E-state index < -0.39 is 0 Å². The fraction of sp³-hybridized carbons (Fsp3) is 1.00. The molecule has 0 bridgehead atoms. The molecule has 0 aromatic rings. The number of nitrogens with zero attached hydrogens (tertiary/aromatic N) is 1. The number of halogens is 1. The Bertz CT molecular complexity index is 174. The number of hydrogen-bond donors (Lipinski definition) is 1. The molecule has 2 nitrogen and oxygen atoms in total. The van der Waals surface area contributed by atoms with Crippen LogP contribution in [0, 0.1) is 0 Å². The van der Waals surface area contributed by atoms with E-state index >= 15 is 0 Å². The molecule has 0 aromatic heterocycles. The van der Waals surface area contributed by atoms with Gasteiger partial charge in [0.2, 0.25) is 0 Å². The minimum absolute atomic E-state index is 0. The number of unbranched alkanes of at least 4 members (excludes halogenated alkanes) is 9. The highest BCUT2D eigenvalue weighted by Crippen LogP contribution is 2.11. The molecule has 0 radical (unpaired) electrons. The lowest BCUT2D eigenvalue weighted by molar-refractivity contribution is -0.890. The van der Waals surface area contributed by atoms with Crippen molar-refractivity contribution in [2.24, 2.45) is 0 Å². The minimum atomic E-state index is 0. The van der Waals surface area contributed by atoms with Crippen molar-refractivity contribution < 1.29 is 26.6 Å². The SMILES string of the molecule is CCCCCCCCCCCC[N+](C)(C)CCO.[Br-]. The van der Waals surface area contributed by atoms with Gasteiger partial charge in [-0.15, -0.1) is 0 Å².